The van der Waals surface area contributed by atoms with Crippen LogP contribution in [0.15, 0.2) is 30.6 Å². The summed E-state index contributed by atoms with van der Waals surface area (Å²) >= 11 is 4.88. The van der Waals surface area contributed by atoms with E-state index >= 15 is 0 Å². The molecule has 2 aromatic rings. The summed E-state index contributed by atoms with van der Waals surface area (Å²) in [5.74, 6) is 0.637. The number of amides is 1. The van der Waals surface area contributed by atoms with E-state index in [4.69, 9.17) is 18.0 Å². The van der Waals surface area contributed by atoms with Crippen molar-refractivity contribution in [2.24, 2.45) is 12.8 Å². The number of aryl methyl sites for hydroxylation is 1. The molecule has 0 aliphatic carbocycles. The highest BCUT2D eigenvalue weighted by Crippen LogP contribution is 2.05. The lowest BCUT2D eigenvalue weighted by molar-refractivity contribution is -0.120. The summed E-state index contributed by atoms with van der Waals surface area (Å²) in [6.07, 6.45) is 1.89. The number of carbonyl (C=O) groups excluding carboxylic acids is 1. The van der Waals surface area contributed by atoms with Gasteiger partial charge in [-0.15, -0.1) is 10.2 Å². The number of rotatable bonds is 5. The molecule has 7 heteroatoms. The van der Waals surface area contributed by atoms with Gasteiger partial charge in [0.05, 0.1) is 13.0 Å². The summed E-state index contributed by atoms with van der Waals surface area (Å²) in [5.41, 5.74) is 7.22. The van der Waals surface area contributed by atoms with Gasteiger partial charge in [0.15, 0.2) is 5.82 Å². The van der Waals surface area contributed by atoms with Crippen LogP contribution in [0, 0.1) is 0 Å². The molecule has 0 aliphatic heterocycles. The van der Waals surface area contributed by atoms with Crippen molar-refractivity contribution in [1.82, 2.24) is 20.1 Å². The van der Waals surface area contributed by atoms with Crippen molar-refractivity contribution in [2.75, 3.05) is 0 Å². The topological polar surface area (TPSA) is 85.8 Å². The predicted molar refractivity (Wildman–Crippen MR) is 78.9 cm³/mol. The Kier molecular flexibility index (Phi) is 4.41. The summed E-state index contributed by atoms with van der Waals surface area (Å²) < 4.78 is 1.76. The minimum absolute atomic E-state index is 0.0731. The number of hydrogen-bond acceptors (Lipinski definition) is 4. The molecule has 0 aliphatic rings. The van der Waals surface area contributed by atoms with Crippen molar-refractivity contribution < 1.29 is 4.79 Å². The van der Waals surface area contributed by atoms with Crippen LogP contribution in [0.5, 0.6) is 0 Å². The summed E-state index contributed by atoms with van der Waals surface area (Å²) in [6.45, 7) is 0.361. The summed E-state index contributed by atoms with van der Waals surface area (Å²) in [6, 6.07) is 7.31. The number of nitrogens with two attached hydrogens (primary N) is 1. The maximum absolute atomic E-state index is 11.8. The van der Waals surface area contributed by atoms with E-state index in [0.717, 1.165) is 11.1 Å². The maximum atomic E-state index is 11.8. The molecule has 0 spiro atoms. The lowest BCUT2D eigenvalue weighted by atomic mass is 10.1. The molecule has 0 fully saturated rings. The van der Waals surface area contributed by atoms with Crippen molar-refractivity contribution in [1.29, 1.82) is 0 Å². The fraction of sp³-hybridized carbons (Fsp3) is 0.231. The van der Waals surface area contributed by atoms with Crippen LogP contribution in [0.1, 0.15) is 17.0 Å². The van der Waals surface area contributed by atoms with Crippen molar-refractivity contribution in [2.45, 2.75) is 13.0 Å². The van der Waals surface area contributed by atoms with Gasteiger partial charge < -0.3 is 15.6 Å². The third-order valence-electron chi connectivity index (χ3n) is 2.85. The van der Waals surface area contributed by atoms with Gasteiger partial charge in [-0.25, -0.2) is 0 Å². The van der Waals surface area contributed by atoms with Crippen LogP contribution in [-0.4, -0.2) is 25.7 Å². The van der Waals surface area contributed by atoms with E-state index in [2.05, 4.69) is 15.5 Å². The summed E-state index contributed by atoms with van der Waals surface area (Å²) in [7, 11) is 1.83. The second kappa shape index (κ2) is 6.25. The van der Waals surface area contributed by atoms with Gasteiger partial charge in [-0.1, -0.05) is 36.5 Å². The van der Waals surface area contributed by atoms with Gasteiger partial charge >= 0.3 is 0 Å². The fourth-order valence-corrected chi connectivity index (χ4v) is 1.82. The van der Waals surface area contributed by atoms with Gasteiger partial charge in [-0.3, -0.25) is 4.79 Å². The third-order valence-corrected chi connectivity index (χ3v) is 3.09. The molecule has 0 radical (unpaired) electrons. The zero-order valence-electron chi connectivity index (χ0n) is 11.0. The zero-order chi connectivity index (χ0) is 14.5. The Balaban J connectivity index is 1.88. The van der Waals surface area contributed by atoms with Crippen molar-refractivity contribution in [3.8, 4) is 0 Å². The molecule has 1 aromatic carbocycles. The number of hydrogen-bond donors (Lipinski definition) is 2. The van der Waals surface area contributed by atoms with E-state index in [0.29, 0.717) is 23.8 Å². The SMILES string of the molecule is Cn1cnnc1CNC(=O)Cc1ccc(C(N)=S)cc1. The minimum Gasteiger partial charge on any atom is -0.389 e. The van der Waals surface area contributed by atoms with Gasteiger partial charge in [-0.2, -0.15) is 0 Å². The Morgan fingerprint density at radius 3 is 2.65 bits per heavy atom. The van der Waals surface area contributed by atoms with Crippen LogP contribution < -0.4 is 11.1 Å². The Bertz CT molecular complexity index is 620. The van der Waals surface area contributed by atoms with Gasteiger partial charge in [0.2, 0.25) is 5.91 Å². The highest BCUT2D eigenvalue weighted by Gasteiger charge is 2.06. The van der Waals surface area contributed by atoms with Gasteiger partial charge in [0, 0.05) is 12.6 Å². The van der Waals surface area contributed by atoms with Crippen LogP contribution in [0.4, 0.5) is 0 Å². The molecule has 1 heterocycles. The molecule has 0 saturated heterocycles. The molecule has 20 heavy (non-hydrogen) atoms. The average Bonchev–Trinajstić information content (AvgIpc) is 2.82. The molecule has 1 aromatic heterocycles. The monoisotopic (exact) mass is 289 g/mol. The second-order valence-corrected chi connectivity index (χ2v) is 4.81. The maximum Gasteiger partial charge on any atom is 0.224 e. The molecule has 2 rings (SSSR count). The van der Waals surface area contributed by atoms with E-state index in [1.54, 1.807) is 10.9 Å². The normalized spacial score (nSPS) is 10.2. The molecule has 6 nitrogen and oxygen atoms in total. The van der Waals surface area contributed by atoms with E-state index < -0.39 is 0 Å². The van der Waals surface area contributed by atoms with Crippen LogP contribution in [-0.2, 0) is 24.8 Å². The zero-order valence-corrected chi connectivity index (χ0v) is 11.9. The lowest BCUT2D eigenvalue weighted by Gasteiger charge is -2.05. The lowest BCUT2D eigenvalue weighted by Crippen LogP contribution is -2.26. The molecule has 3 N–H and O–H groups in total. The predicted octanol–water partition coefficient (Wildman–Crippen LogP) is 0.308. The van der Waals surface area contributed by atoms with Gasteiger partial charge in [0.25, 0.3) is 0 Å². The van der Waals surface area contributed by atoms with Crippen LogP contribution in [0.25, 0.3) is 0 Å². The van der Waals surface area contributed by atoms with Crippen molar-refractivity contribution in [3.63, 3.8) is 0 Å². The first kappa shape index (κ1) is 14.1. The molecule has 0 bridgehead atoms. The van der Waals surface area contributed by atoms with Crippen LogP contribution in [0.3, 0.4) is 0 Å². The van der Waals surface area contributed by atoms with Gasteiger partial charge in [-0.05, 0) is 5.56 Å². The smallest absolute Gasteiger partial charge is 0.224 e. The van der Waals surface area contributed by atoms with Crippen molar-refractivity contribution in [3.05, 3.63) is 47.5 Å². The Morgan fingerprint density at radius 2 is 2.10 bits per heavy atom. The quantitative estimate of drug-likeness (QED) is 0.774. The number of carbonyl (C=O) groups is 1. The van der Waals surface area contributed by atoms with E-state index in [-0.39, 0.29) is 5.91 Å². The van der Waals surface area contributed by atoms with E-state index in [9.17, 15) is 4.79 Å². The summed E-state index contributed by atoms with van der Waals surface area (Å²) in [5, 5.41) is 10.4. The highest BCUT2D eigenvalue weighted by molar-refractivity contribution is 7.80. The molecule has 0 atom stereocenters. The standard InChI is InChI=1S/C13H15N5OS/c1-18-8-16-17-11(18)7-15-12(19)6-9-2-4-10(5-3-9)13(14)20/h2-5,8H,6-7H2,1H3,(H2,14,20)(H,15,19). The minimum atomic E-state index is -0.0731. The number of benzene rings is 1. The first-order chi connectivity index (χ1) is 9.56. The fourth-order valence-electron chi connectivity index (χ4n) is 1.68. The Morgan fingerprint density at radius 1 is 1.40 bits per heavy atom. The highest BCUT2D eigenvalue weighted by atomic mass is 32.1. The Hall–Kier alpha value is -2.28. The number of thiocarbonyl (C=S) groups is 1. The average molecular weight is 289 g/mol. The molecular formula is C13H15N5OS. The first-order valence-electron chi connectivity index (χ1n) is 6.04. The third kappa shape index (κ3) is 3.61. The largest absolute Gasteiger partial charge is 0.389 e. The molecule has 0 saturated carbocycles. The number of nitrogens with one attached hydrogen (secondary N) is 1. The van der Waals surface area contributed by atoms with Gasteiger partial charge in [0.1, 0.15) is 11.3 Å². The first-order valence-corrected chi connectivity index (χ1v) is 6.45. The second-order valence-electron chi connectivity index (χ2n) is 4.37. The number of aromatic nitrogens is 3. The van der Waals surface area contributed by atoms with E-state index in [1.165, 1.54) is 0 Å². The van der Waals surface area contributed by atoms with Crippen LogP contribution >= 0.6 is 12.2 Å². The van der Waals surface area contributed by atoms with Crippen LogP contribution in [0.2, 0.25) is 0 Å². The number of nitrogens with zero attached hydrogens (tertiary/aromatic N) is 3. The Labute approximate surface area is 122 Å². The molecule has 0 unspecified atom stereocenters. The molecular weight excluding hydrogens is 274 g/mol. The van der Waals surface area contributed by atoms with E-state index in [1.807, 2.05) is 31.3 Å². The molecule has 1 amide bonds. The van der Waals surface area contributed by atoms with Crippen molar-refractivity contribution >= 4 is 23.1 Å². The summed E-state index contributed by atoms with van der Waals surface area (Å²) in [4.78, 5) is 12.2. The molecule has 104 valence electrons.